The standard InChI is InChI=1S/C10H11FN2/c1-10(2,12)6-5-9-4-3-8(11)7-13-9/h3-4,7H,12H2,1-2H3. The van der Waals surface area contributed by atoms with Crippen LogP contribution < -0.4 is 5.73 Å². The van der Waals surface area contributed by atoms with Crippen LogP contribution in [0.2, 0.25) is 0 Å². The quantitative estimate of drug-likeness (QED) is 0.608. The number of rotatable bonds is 0. The Bertz CT molecular complexity index is 338. The van der Waals surface area contributed by atoms with Crippen LogP contribution in [0.1, 0.15) is 19.5 Å². The maximum absolute atomic E-state index is 12.4. The largest absolute Gasteiger partial charge is 0.316 e. The second-order valence-corrected chi connectivity index (χ2v) is 3.33. The molecule has 0 bridgehead atoms. The van der Waals surface area contributed by atoms with Crippen LogP contribution in [0.5, 0.6) is 0 Å². The summed E-state index contributed by atoms with van der Waals surface area (Å²) in [7, 11) is 0. The Hall–Kier alpha value is -1.40. The van der Waals surface area contributed by atoms with Gasteiger partial charge >= 0.3 is 0 Å². The molecule has 0 spiro atoms. The van der Waals surface area contributed by atoms with E-state index in [0.29, 0.717) is 5.69 Å². The highest BCUT2D eigenvalue weighted by Gasteiger charge is 2.03. The fourth-order valence-corrected chi connectivity index (χ4v) is 0.675. The Labute approximate surface area is 77.0 Å². The average Bonchev–Trinajstić information content (AvgIpc) is 2.02. The van der Waals surface area contributed by atoms with Crippen molar-refractivity contribution in [2.75, 3.05) is 0 Å². The Balaban J connectivity index is 2.85. The van der Waals surface area contributed by atoms with Gasteiger partial charge in [-0.15, -0.1) is 0 Å². The topological polar surface area (TPSA) is 38.9 Å². The van der Waals surface area contributed by atoms with Crippen LogP contribution in [0.15, 0.2) is 18.3 Å². The molecule has 0 saturated heterocycles. The van der Waals surface area contributed by atoms with Gasteiger partial charge in [0.1, 0.15) is 11.5 Å². The van der Waals surface area contributed by atoms with E-state index in [-0.39, 0.29) is 5.82 Å². The van der Waals surface area contributed by atoms with Gasteiger partial charge in [0.25, 0.3) is 0 Å². The number of pyridine rings is 1. The molecular formula is C10H11FN2. The molecule has 0 aromatic carbocycles. The zero-order valence-electron chi connectivity index (χ0n) is 7.63. The van der Waals surface area contributed by atoms with Crippen LogP contribution in [-0.2, 0) is 0 Å². The Morgan fingerprint density at radius 2 is 2.15 bits per heavy atom. The molecule has 68 valence electrons. The van der Waals surface area contributed by atoms with Crippen LogP contribution in [-0.4, -0.2) is 10.5 Å². The molecule has 0 aliphatic rings. The van der Waals surface area contributed by atoms with E-state index < -0.39 is 5.54 Å². The van der Waals surface area contributed by atoms with E-state index in [2.05, 4.69) is 16.8 Å². The minimum atomic E-state index is -0.546. The first-order chi connectivity index (χ1) is 5.97. The van der Waals surface area contributed by atoms with Crippen molar-refractivity contribution in [3.63, 3.8) is 0 Å². The van der Waals surface area contributed by atoms with Gasteiger partial charge in [-0.2, -0.15) is 0 Å². The molecular weight excluding hydrogens is 167 g/mol. The molecule has 0 amide bonds. The molecule has 0 radical (unpaired) electrons. The first-order valence-corrected chi connectivity index (χ1v) is 3.91. The summed E-state index contributed by atoms with van der Waals surface area (Å²) in [4.78, 5) is 3.78. The number of aromatic nitrogens is 1. The van der Waals surface area contributed by atoms with Crippen LogP contribution >= 0.6 is 0 Å². The zero-order valence-corrected chi connectivity index (χ0v) is 7.63. The molecule has 0 aliphatic carbocycles. The minimum absolute atomic E-state index is 0.363. The highest BCUT2D eigenvalue weighted by molar-refractivity contribution is 5.30. The van der Waals surface area contributed by atoms with Crippen molar-refractivity contribution < 1.29 is 4.39 Å². The summed E-state index contributed by atoms with van der Waals surface area (Å²) in [6.07, 6.45) is 1.13. The predicted molar refractivity (Wildman–Crippen MR) is 49.3 cm³/mol. The first-order valence-electron chi connectivity index (χ1n) is 3.91. The number of hydrogen-bond donors (Lipinski definition) is 1. The van der Waals surface area contributed by atoms with Gasteiger partial charge in [0.2, 0.25) is 0 Å². The van der Waals surface area contributed by atoms with Gasteiger partial charge < -0.3 is 5.73 Å². The molecule has 0 fully saturated rings. The zero-order chi connectivity index (χ0) is 9.90. The monoisotopic (exact) mass is 178 g/mol. The van der Waals surface area contributed by atoms with Crippen LogP contribution in [0.3, 0.4) is 0 Å². The van der Waals surface area contributed by atoms with Gasteiger partial charge in [0.15, 0.2) is 0 Å². The molecule has 13 heavy (non-hydrogen) atoms. The summed E-state index contributed by atoms with van der Waals surface area (Å²) in [6, 6.07) is 2.84. The maximum atomic E-state index is 12.4. The lowest BCUT2D eigenvalue weighted by atomic mass is 10.1. The molecule has 3 heteroatoms. The average molecular weight is 178 g/mol. The second-order valence-electron chi connectivity index (χ2n) is 3.33. The van der Waals surface area contributed by atoms with Gasteiger partial charge in [-0.1, -0.05) is 5.92 Å². The summed E-state index contributed by atoms with van der Waals surface area (Å²) < 4.78 is 12.4. The first kappa shape index (κ1) is 9.69. The summed E-state index contributed by atoms with van der Waals surface area (Å²) >= 11 is 0. The number of hydrogen-bond acceptors (Lipinski definition) is 2. The molecule has 1 aromatic heterocycles. The van der Waals surface area contributed by atoms with Crippen molar-refractivity contribution in [3.8, 4) is 11.8 Å². The summed E-state index contributed by atoms with van der Waals surface area (Å²) in [5.41, 5.74) is 5.62. The van der Waals surface area contributed by atoms with E-state index in [0.717, 1.165) is 6.20 Å². The highest BCUT2D eigenvalue weighted by Crippen LogP contribution is 1.98. The Morgan fingerprint density at radius 1 is 1.46 bits per heavy atom. The van der Waals surface area contributed by atoms with Crippen LogP contribution in [0.4, 0.5) is 4.39 Å². The number of halogens is 1. The predicted octanol–water partition coefficient (Wildman–Crippen LogP) is 1.31. The molecule has 0 unspecified atom stereocenters. The third kappa shape index (κ3) is 3.68. The normalized spacial score (nSPS) is 10.5. The Morgan fingerprint density at radius 3 is 2.62 bits per heavy atom. The van der Waals surface area contributed by atoms with Gasteiger partial charge in [0, 0.05) is 0 Å². The van der Waals surface area contributed by atoms with E-state index in [1.807, 2.05) is 0 Å². The van der Waals surface area contributed by atoms with Crippen LogP contribution in [0.25, 0.3) is 0 Å². The smallest absolute Gasteiger partial charge is 0.141 e. The molecule has 1 heterocycles. The van der Waals surface area contributed by atoms with Crippen LogP contribution in [0, 0.1) is 17.7 Å². The third-order valence-electron chi connectivity index (χ3n) is 1.24. The fourth-order valence-electron chi connectivity index (χ4n) is 0.675. The molecule has 2 nitrogen and oxygen atoms in total. The lowest BCUT2D eigenvalue weighted by molar-refractivity contribution is 0.621. The second kappa shape index (κ2) is 3.55. The Kier molecular flexibility index (Phi) is 2.64. The highest BCUT2D eigenvalue weighted by atomic mass is 19.1. The van der Waals surface area contributed by atoms with Gasteiger partial charge in [-0.3, -0.25) is 0 Å². The molecule has 0 atom stereocenters. The van der Waals surface area contributed by atoms with E-state index in [1.54, 1.807) is 13.8 Å². The minimum Gasteiger partial charge on any atom is -0.316 e. The van der Waals surface area contributed by atoms with Crippen molar-refractivity contribution >= 4 is 0 Å². The molecule has 0 saturated carbocycles. The SMILES string of the molecule is CC(C)(N)C#Cc1ccc(F)cn1. The fraction of sp³-hybridized carbons (Fsp3) is 0.300. The molecule has 1 rings (SSSR count). The van der Waals surface area contributed by atoms with Crippen molar-refractivity contribution in [1.82, 2.24) is 4.98 Å². The van der Waals surface area contributed by atoms with Crippen molar-refractivity contribution in [1.29, 1.82) is 0 Å². The van der Waals surface area contributed by atoms with E-state index >= 15 is 0 Å². The molecule has 2 N–H and O–H groups in total. The number of nitrogens with two attached hydrogens (primary N) is 1. The van der Waals surface area contributed by atoms with E-state index in [9.17, 15) is 4.39 Å². The number of nitrogens with zero attached hydrogens (tertiary/aromatic N) is 1. The van der Waals surface area contributed by atoms with Crippen molar-refractivity contribution in [2.24, 2.45) is 5.73 Å². The van der Waals surface area contributed by atoms with E-state index in [4.69, 9.17) is 5.73 Å². The van der Waals surface area contributed by atoms with Gasteiger partial charge in [-0.25, -0.2) is 9.37 Å². The summed E-state index contributed by atoms with van der Waals surface area (Å²) in [6.45, 7) is 3.59. The summed E-state index contributed by atoms with van der Waals surface area (Å²) in [5.74, 6) is 5.20. The molecule has 0 aliphatic heterocycles. The van der Waals surface area contributed by atoms with Crippen molar-refractivity contribution in [2.45, 2.75) is 19.4 Å². The van der Waals surface area contributed by atoms with Gasteiger partial charge in [0.05, 0.1) is 11.7 Å². The van der Waals surface area contributed by atoms with Gasteiger partial charge in [-0.05, 0) is 31.9 Å². The third-order valence-corrected chi connectivity index (χ3v) is 1.24. The van der Waals surface area contributed by atoms with Crippen molar-refractivity contribution in [3.05, 3.63) is 29.8 Å². The van der Waals surface area contributed by atoms with E-state index in [1.165, 1.54) is 12.1 Å². The summed E-state index contributed by atoms with van der Waals surface area (Å²) in [5, 5.41) is 0. The molecule has 1 aromatic rings. The maximum Gasteiger partial charge on any atom is 0.141 e. The lowest BCUT2D eigenvalue weighted by Gasteiger charge is -2.06. The lowest BCUT2D eigenvalue weighted by Crippen LogP contribution is -2.29.